The minimum Gasteiger partial charge on any atom is -0.493 e. The molecule has 0 aromatic heterocycles. The van der Waals surface area contributed by atoms with Gasteiger partial charge in [0, 0.05) is 36.8 Å². The van der Waals surface area contributed by atoms with Crippen molar-refractivity contribution >= 4 is 11.7 Å². The van der Waals surface area contributed by atoms with Gasteiger partial charge in [0.15, 0.2) is 17.3 Å². The number of benzene rings is 2. The van der Waals surface area contributed by atoms with E-state index in [-0.39, 0.29) is 18.3 Å². The van der Waals surface area contributed by atoms with Crippen LogP contribution in [0.2, 0.25) is 0 Å². The number of hydrogen-bond acceptors (Lipinski definition) is 5. The number of likely N-dealkylation sites (N-methyl/N-ethyl adjacent to an activating group) is 2. The minimum atomic E-state index is -0.0384. The first kappa shape index (κ1) is 23.4. The van der Waals surface area contributed by atoms with Gasteiger partial charge in [-0.05, 0) is 44.3 Å². The molecule has 0 radical (unpaired) electrons. The number of Topliss-reactive ketones (excluding diaryl/α,β-unsaturated/α-hetero) is 1. The highest BCUT2D eigenvalue weighted by Gasteiger charge is 2.17. The highest BCUT2D eigenvalue weighted by atomic mass is 16.5. The average molecular weight is 413 g/mol. The fraction of sp³-hybridized carbons (Fsp3) is 0.417. The summed E-state index contributed by atoms with van der Waals surface area (Å²) >= 11 is 0. The summed E-state index contributed by atoms with van der Waals surface area (Å²) in [6.45, 7) is 9.41. The Morgan fingerprint density at radius 1 is 0.967 bits per heavy atom. The molecule has 0 unspecified atom stereocenters. The van der Waals surface area contributed by atoms with Crippen LogP contribution in [0, 0.1) is 0 Å². The van der Waals surface area contributed by atoms with Crippen LogP contribution < -0.4 is 9.47 Å². The third kappa shape index (κ3) is 6.07. The number of hydrogen-bond donors (Lipinski definition) is 0. The van der Waals surface area contributed by atoms with E-state index >= 15 is 0 Å². The summed E-state index contributed by atoms with van der Waals surface area (Å²) in [6, 6.07) is 12.6. The molecule has 0 fully saturated rings. The van der Waals surface area contributed by atoms with Gasteiger partial charge in [-0.15, -0.1) is 0 Å². The highest BCUT2D eigenvalue weighted by molar-refractivity contribution is 5.95. The molecule has 0 aliphatic heterocycles. The lowest BCUT2D eigenvalue weighted by Gasteiger charge is -2.24. The third-order valence-corrected chi connectivity index (χ3v) is 5.19. The largest absolute Gasteiger partial charge is 0.493 e. The molecule has 0 N–H and O–H groups in total. The molecule has 0 aliphatic rings. The molecule has 0 heterocycles. The van der Waals surface area contributed by atoms with Gasteiger partial charge >= 0.3 is 0 Å². The van der Waals surface area contributed by atoms with Gasteiger partial charge in [0.05, 0.1) is 7.11 Å². The Kier molecular flexibility index (Phi) is 8.87. The fourth-order valence-corrected chi connectivity index (χ4v) is 3.15. The Balaban J connectivity index is 2.12. The molecule has 2 aromatic rings. The summed E-state index contributed by atoms with van der Waals surface area (Å²) in [4.78, 5) is 28.6. The van der Waals surface area contributed by atoms with Gasteiger partial charge in [-0.1, -0.05) is 32.0 Å². The molecule has 162 valence electrons. The first-order chi connectivity index (χ1) is 14.4. The predicted molar refractivity (Wildman–Crippen MR) is 119 cm³/mol. The van der Waals surface area contributed by atoms with E-state index in [2.05, 4.69) is 18.7 Å². The van der Waals surface area contributed by atoms with Gasteiger partial charge in [0.1, 0.15) is 6.61 Å². The van der Waals surface area contributed by atoms with Crippen LogP contribution in [-0.2, 0) is 6.61 Å². The van der Waals surface area contributed by atoms with Gasteiger partial charge in [0.25, 0.3) is 5.91 Å². The molecule has 30 heavy (non-hydrogen) atoms. The SMILES string of the molecule is CCN(CC)CCN(C)C(=O)c1ccccc1COc1ccc(C(C)=O)cc1OC. The van der Waals surface area contributed by atoms with Crippen molar-refractivity contribution in [2.75, 3.05) is 40.3 Å². The van der Waals surface area contributed by atoms with Gasteiger partial charge in [-0.2, -0.15) is 0 Å². The van der Waals surface area contributed by atoms with Crippen molar-refractivity contribution in [3.8, 4) is 11.5 Å². The van der Waals surface area contributed by atoms with Crippen LogP contribution in [0.5, 0.6) is 11.5 Å². The molecular weight excluding hydrogens is 380 g/mol. The summed E-state index contributed by atoms with van der Waals surface area (Å²) in [5.74, 6) is 0.950. The third-order valence-electron chi connectivity index (χ3n) is 5.19. The monoisotopic (exact) mass is 412 g/mol. The van der Waals surface area contributed by atoms with Crippen LogP contribution in [0.4, 0.5) is 0 Å². The molecule has 0 saturated heterocycles. The number of ether oxygens (including phenoxy) is 2. The summed E-state index contributed by atoms with van der Waals surface area (Å²) < 4.78 is 11.3. The van der Waals surface area contributed by atoms with Crippen molar-refractivity contribution < 1.29 is 19.1 Å². The second-order valence-electron chi connectivity index (χ2n) is 7.12. The van der Waals surface area contributed by atoms with Crippen molar-refractivity contribution in [2.45, 2.75) is 27.4 Å². The van der Waals surface area contributed by atoms with Gasteiger partial charge < -0.3 is 19.3 Å². The predicted octanol–water partition coefficient (Wildman–Crippen LogP) is 3.89. The van der Waals surface area contributed by atoms with Crippen LogP contribution in [0.15, 0.2) is 42.5 Å². The average Bonchev–Trinajstić information content (AvgIpc) is 2.77. The van der Waals surface area contributed by atoms with E-state index in [0.717, 1.165) is 25.2 Å². The van der Waals surface area contributed by atoms with Crippen LogP contribution in [0.3, 0.4) is 0 Å². The Hall–Kier alpha value is -2.86. The van der Waals surface area contributed by atoms with E-state index in [9.17, 15) is 9.59 Å². The smallest absolute Gasteiger partial charge is 0.254 e. The molecular formula is C24H32N2O4. The Labute approximate surface area is 179 Å². The van der Waals surface area contributed by atoms with Crippen LogP contribution in [0.1, 0.15) is 47.1 Å². The molecule has 6 nitrogen and oxygen atoms in total. The second-order valence-corrected chi connectivity index (χ2v) is 7.12. The van der Waals surface area contributed by atoms with E-state index in [4.69, 9.17) is 9.47 Å². The zero-order valence-corrected chi connectivity index (χ0v) is 18.6. The number of carbonyl (C=O) groups excluding carboxylic acids is 2. The van der Waals surface area contributed by atoms with E-state index in [1.807, 2.05) is 31.3 Å². The Morgan fingerprint density at radius 2 is 1.67 bits per heavy atom. The maximum Gasteiger partial charge on any atom is 0.254 e. The fourth-order valence-electron chi connectivity index (χ4n) is 3.15. The highest BCUT2D eigenvalue weighted by Crippen LogP contribution is 2.29. The van der Waals surface area contributed by atoms with Crippen molar-refractivity contribution in [3.05, 3.63) is 59.2 Å². The first-order valence-corrected chi connectivity index (χ1v) is 10.3. The van der Waals surface area contributed by atoms with E-state index in [0.29, 0.717) is 29.2 Å². The van der Waals surface area contributed by atoms with Crippen molar-refractivity contribution in [1.29, 1.82) is 0 Å². The lowest BCUT2D eigenvalue weighted by atomic mass is 10.1. The zero-order valence-electron chi connectivity index (χ0n) is 18.6. The summed E-state index contributed by atoms with van der Waals surface area (Å²) in [7, 11) is 3.36. The Bertz CT molecular complexity index is 862. The van der Waals surface area contributed by atoms with E-state index < -0.39 is 0 Å². The standard InChI is InChI=1S/C24H32N2O4/c1-6-26(7-2)15-14-25(4)24(28)21-11-9-8-10-20(21)17-30-22-13-12-19(18(3)27)16-23(22)29-5/h8-13,16H,6-7,14-15,17H2,1-5H3. The molecule has 0 saturated carbocycles. The van der Waals surface area contributed by atoms with Gasteiger partial charge in [-0.25, -0.2) is 0 Å². The van der Waals surface area contributed by atoms with Crippen LogP contribution in [0.25, 0.3) is 0 Å². The molecule has 2 aromatic carbocycles. The molecule has 0 spiro atoms. The molecule has 6 heteroatoms. The molecule has 0 atom stereocenters. The molecule has 2 rings (SSSR count). The zero-order chi connectivity index (χ0) is 22.1. The first-order valence-electron chi connectivity index (χ1n) is 10.3. The van der Waals surface area contributed by atoms with Gasteiger partial charge in [0.2, 0.25) is 0 Å². The number of amides is 1. The lowest BCUT2D eigenvalue weighted by Crippen LogP contribution is -2.36. The number of methoxy groups -OCH3 is 1. The van der Waals surface area contributed by atoms with Crippen molar-refractivity contribution in [3.63, 3.8) is 0 Å². The number of carbonyl (C=O) groups is 2. The van der Waals surface area contributed by atoms with Gasteiger partial charge in [-0.3, -0.25) is 9.59 Å². The van der Waals surface area contributed by atoms with Crippen LogP contribution >= 0.6 is 0 Å². The van der Waals surface area contributed by atoms with E-state index in [1.165, 1.54) is 14.0 Å². The topological polar surface area (TPSA) is 59.1 Å². The minimum absolute atomic E-state index is 0.0275. The lowest BCUT2D eigenvalue weighted by molar-refractivity contribution is 0.0776. The summed E-state index contributed by atoms with van der Waals surface area (Å²) in [5.41, 5.74) is 1.98. The second kappa shape index (κ2) is 11.4. The number of ketones is 1. The summed E-state index contributed by atoms with van der Waals surface area (Å²) in [5, 5.41) is 0. The number of rotatable bonds is 11. The maximum atomic E-state index is 13.0. The number of nitrogens with zero attached hydrogens (tertiary/aromatic N) is 2. The quantitative estimate of drug-likeness (QED) is 0.524. The van der Waals surface area contributed by atoms with Crippen molar-refractivity contribution in [2.24, 2.45) is 0 Å². The molecule has 1 amide bonds. The maximum absolute atomic E-state index is 13.0. The summed E-state index contributed by atoms with van der Waals surface area (Å²) in [6.07, 6.45) is 0. The van der Waals surface area contributed by atoms with Crippen LogP contribution in [-0.4, -0.2) is 61.8 Å². The van der Waals surface area contributed by atoms with Crippen molar-refractivity contribution in [1.82, 2.24) is 9.80 Å². The normalized spacial score (nSPS) is 10.7. The Morgan fingerprint density at radius 3 is 2.30 bits per heavy atom. The molecule has 0 bridgehead atoms. The van der Waals surface area contributed by atoms with E-state index in [1.54, 1.807) is 23.1 Å². The molecule has 0 aliphatic carbocycles.